The van der Waals surface area contributed by atoms with Crippen LogP contribution in [0.3, 0.4) is 0 Å². The molecule has 0 radical (unpaired) electrons. The van der Waals surface area contributed by atoms with Crippen molar-refractivity contribution in [2.24, 2.45) is 4.99 Å². The lowest BCUT2D eigenvalue weighted by Gasteiger charge is -2.10. The number of furan rings is 1. The Morgan fingerprint density at radius 3 is 2.67 bits per heavy atom. The SMILES string of the molecule is COc1cc(/C=C2\SC(=Nc3ccc(Br)cc3)NC2=O)ccc1OCc1ccc(C(=O)O)o1. The zero-order chi connectivity index (χ0) is 23.4. The number of amides is 1. The number of hydrogen-bond donors (Lipinski definition) is 2. The van der Waals surface area contributed by atoms with Gasteiger partial charge in [-0.1, -0.05) is 22.0 Å². The van der Waals surface area contributed by atoms with Gasteiger partial charge in [0.1, 0.15) is 12.4 Å². The topological polar surface area (TPSA) is 110 Å². The minimum atomic E-state index is -1.14. The molecule has 0 atom stereocenters. The monoisotopic (exact) mass is 528 g/mol. The summed E-state index contributed by atoms with van der Waals surface area (Å²) in [4.78, 5) is 28.2. The molecule has 0 bridgehead atoms. The molecular weight excluding hydrogens is 512 g/mol. The van der Waals surface area contributed by atoms with Crippen LogP contribution >= 0.6 is 27.7 Å². The number of rotatable bonds is 7. The fourth-order valence-electron chi connectivity index (χ4n) is 2.88. The summed E-state index contributed by atoms with van der Waals surface area (Å²) in [6, 6.07) is 15.6. The second-order valence-electron chi connectivity index (χ2n) is 6.73. The molecule has 0 unspecified atom stereocenters. The Morgan fingerprint density at radius 1 is 1.18 bits per heavy atom. The van der Waals surface area contributed by atoms with Crippen LogP contribution < -0.4 is 14.8 Å². The van der Waals surface area contributed by atoms with Crippen LogP contribution in [0.25, 0.3) is 6.08 Å². The Bertz CT molecular complexity index is 1270. The number of carboxylic acids is 1. The van der Waals surface area contributed by atoms with E-state index in [0.29, 0.717) is 27.3 Å². The lowest BCUT2D eigenvalue weighted by atomic mass is 10.2. The summed E-state index contributed by atoms with van der Waals surface area (Å²) in [5, 5.41) is 12.2. The number of ether oxygens (including phenoxy) is 2. The van der Waals surface area contributed by atoms with E-state index >= 15 is 0 Å². The van der Waals surface area contributed by atoms with Gasteiger partial charge in [-0.25, -0.2) is 9.79 Å². The van der Waals surface area contributed by atoms with Crippen molar-refractivity contribution in [3.63, 3.8) is 0 Å². The second-order valence-corrected chi connectivity index (χ2v) is 8.67. The Balaban J connectivity index is 1.47. The van der Waals surface area contributed by atoms with Gasteiger partial charge in [0.05, 0.1) is 17.7 Å². The van der Waals surface area contributed by atoms with Gasteiger partial charge in [0, 0.05) is 4.47 Å². The smallest absolute Gasteiger partial charge is 0.371 e. The molecular formula is C23H17BrN2O6S. The first-order valence-electron chi connectivity index (χ1n) is 9.59. The van der Waals surface area contributed by atoms with Crippen LogP contribution in [0.1, 0.15) is 21.9 Å². The maximum Gasteiger partial charge on any atom is 0.371 e. The first kappa shape index (κ1) is 22.7. The number of aliphatic imine (C=N–C) groups is 1. The highest BCUT2D eigenvalue weighted by Gasteiger charge is 2.24. The predicted molar refractivity (Wildman–Crippen MR) is 128 cm³/mol. The third kappa shape index (κ3) is 5.65. The van der Waals surface area contributed by atoms with Crippen LogP contribution in [-0.2, 0) is 11.4 Å². The van der Waals surface area contributed by atoms with Gasteiger partial charge in [0.2, 0.25) is 5.76 Å². The molecule has 8 nitrogen and oxygen atoms in total. The zero-order valence-electron chi connectivity index (χ0n) is 17.2. The van der Waals surface area contributed by atoms with Crippen molar-refractivity contribution in [3.8, 4) is 11.5 Å². The highest BCUT2D eigenvalue weighted by atomic mass is 79.9. The molecule has 1 aromatic heterocycles. The number of carboxylic acid groups (broad SMARTS) is 1. The Hall–Kier alpha value is -3.50. The maximum atomic E-state index is 12.4. The molecule has 1 aliphatic heterocycles. The van der Waals surface area contributed by atoms with Crippen molar-refractivity contribution in [2.45, 2.75) is 6.61 Å². The van der Waals surface area contributed by atoms with Crippen LogP contribution in [0.2, 0.25) is 0 Å². The summed E-state index contributed by atoms with van der Waals surface area (Å²) in [6.07, 6.45) is 1.74. The summed E-state index contributed by atoms with van der Waals surface area (Å²) in [5.74, 6) is -0.247. The first-order valence-corrected chi connectivity index (χ1v) is 11.2. The largest absolute Gasteiger partial charge is 0.493 e. The normalized spacial score (nSPS) is 15.6. The lowest BCUT2D eigenvalue weighted by Crippen LogP contribution is -2.19. The van der Waals surface area contributed by atoms with E-state index in [1.807, 2.05) is 24.3 Å². The molecule has 2 N–H and O–H groups in total. The quantitative estimate of drug-likeness (QED) is 0.404. The molecule has 1 saturated heterocycles. The first-order chi connectivity index (χ1) is 15.9. The molecule has 168 valence electrons. The number of hydrogen-bond acceptors (Lipinski definition) is 7. The fraction of sp³-hybridized carbons (Fsp3) is 0.0870. The van der Waals surface area contributed by atoms with E-state index in [1.54, 1.807) is 24.3 Å². The van der Waals surface area contributed by atoms with Crippen LogP contribution in [0.15, 0.2) is 73.4 Å². The van der Waals surface area contributed by atoms with Crippen molar-refractivity contribution in [2.75, 3.05) is 7.11 Å². The van der Waals surface area contributed by atoms with E-state index in [0.717, 1.165) is 15.7 Å². The lowest BCUT2D eigenvalue weighted by molar-refractivity contribution is -0.115. The van der Waals surface area contributed by atoms with Crippen molar-refractivity contribution >= 4 is 56.5 Å². The highest BCUT2D eigenvalue weighted by Crippen LogP contribution is 2.33. The molecule has 2 aromatic carbocycles. The number of aromatic carboxylic acids is 1. The van der Waals surface area contributed by atoms with Gasteiger partial charge < -0.3 is 24.3 Å². The van der Waals surface area contributed by atoms with Crippen molar-refractivity contribution in [1.82, 2.24) is 5.32 Å². The van der Waals surface area contributed by atoms with E-state index in [2.05, 4.69) is 26.2 Å². The van der Waals surface area contributed by atoms with Crippen molar-refractivity contribution in [3.05, 3.63) is 81.1 Å². The van der Waals surface area contributed by atoms with Crippen LogP contribution in [0, 0.1) is 0 Å². The average Bonchev–Trinajstić information content (AvgIpc) is 3.41. The molecule has 4 rings (SSSR count). The minimum absolute atomic E-state index is 0.0399. The number of halogens is 1. The summed E-state index contributed by atoms with van der Waals surface area (Å²) < 4.78 is 17.2. The average molecular weight is 529 g/mol. The van der Waals surface area contributed by atoms with Crippen molar-refractivity contribution in [1.29, 1.82) is 0 Å². The third-order valence-corrected chi connectivity index (χ3v) is 5.87. The number of benzene rings is 2. The van der Waals surface area contributed by atoms with Gasteiger partial charge in [-0.3, -0.25) is 4.79 Å². The fourth-order valence-corrected chi connectivity index (χ4v) is 3.98. The zero-order valence-corrected chi connectivity index (χ0v) is 19.6. The molecule has 0 spiro atoms. The van der Waals surface area contributed by atoms with E-state index in [4.69, 9.17) is 19.0 Å². The van der Waals surface area contributed by atoms with Gasteiger partial charge in [-0.05, 0) is 71.9 Å². The number of thioether (sulfide) groups is 1. The molecule has 33 heavy (non-hydrogen) atoms. The predicted octanol–water partition coefficient (Wildman–Crippen LogP) is 5.22. The molecule has 1 fully saturated rings. The number of carbonyl (C=O) groups excluding carboxylic acids is 1. The number of amidine groups is 1. The number of carbonyl (C=O) groups is 2. The number of nitrogens with one attached hydrogen (secondary N) is 1. The minimum Gasteiger partial charge on any atom is -0.493 e. The number of nitrogens with zero attached hydrogens (tertiary/aromatic N) is 1. The van der Waals surface area contributed by atoms with Gasteiger partial charge in [-0.15, -0.1) is 0 Å². The molecule has 3 aromatic rings. The van der Waals surface area contributed by atoms with E-state index < -0.39 is 5.97 Å². The number of methoxy groups -OCH3 is 1. The Kier molecular flexibility index (Phi) is 6.85. The molecule has 10 heteroatoms. The maximum absolute atomic E-state index is 12.4. The van der Waals surface area contributed by atoms with Crippen molar-refractivity contribution < 1.29 is 28.6 Å². The molecule has 0 aliphatic carbocycles. The van der Waals surface area contributed by atoms with Crippen LogP contribution in [-0.4, -0.2) is 29.3 Å². The molecule has 0 saturated carbocycles. The molecule has 1 aliphatic rings. The second kappa shape index (κ2) is 9.97. The van der Waals surface area contributed by atoms with E-state index in [9.17, 15) is 9.59 Å². The molecule has 2 heterocycles. The summed E-state index contributed by atoms with van der Waals surface area (Å²) in [5.41, 5.74) is 1.48. The Labute approximate surface area is 201 Å². The molecule has 1 amide bonds. The standard InChI is InChI=1S/C23H17BrN2O6S/c1-30-19-10-13(2-8-17(19)31-12-16-7-9-18(32-16)22(28)29)11-20-21(27)26-23(33-20)25-15-5-3-14(24)4-6-15/h2-11H,12H2,1H3,(H,28,29)(H,25,26,27)/b20-11-. The Morgan fingerprint density at radius 2 is 1.97 bits per heavy atom. The van der Waals surface area contributed by atoms with Gasteiger partial charge in [0.15, 0.2) is 16.7 Å². The third-order valence-electron chi connectivity index (χ3n) is 4.44. The summed E-state index contributed by atoms with van der Waals surface area (Å²) in [6.45, 7) is 0.0399. The van der Waals surface area contributed by atoms with Crippen LogP contribution in [0.4, 0.5) is 5.69 Å². The van der Waals surface area contributed by atoms with Gasteiger partial charge in [-0.2, -0.15) is 0 Å². The van der Waals surface area contributed by atoms with E-state index in [1.165, 1.54) is 31.0 Å². The summed E-state index contributed by atoms with van der Waals surface area (Å²) in [7, 11) is 1.51. The summed E-state index contributed by atoms with van der Waals surface area (Å²) >= 11 is 4.63. The van der Waals surface area contributed by atoms with E-state index in [-0.39, 0.29) is 18.3 Å². The van der Waals surface area contributed by atoms with Gasteiger partial charge >= 0.3 is 5.97 Å². The highest BCUT2D eigenvalue weighted by molar-refractivity contribution is 9.10. The van der Waals surface area contributed by atoms with Gasteiger partial charge in [0.25, 0.3) is 5.91 Å². The van der Waals surface area contributed by atoms with Crippen LogP contribution in [0.5, 0.6) is 11.5 Å².